The van der Waals surface area contributed by atoms with Crippen molar-refractivity contribution in [3.63, 3.8) is 0 Å². The van der Waals surface area contributed by atoms with Gasteiger partial charge >= 0.3 is 29.6 Å². The molecule has 15 atom stereocenters. The van der Waals surface area contributed by atoms with Crippen LogP contribution in [-0.2, 0) is 42.6 Å². The normalized spacial score (nSPS) is 34.1. The maximum absolute atomic E-state index is 10.2. The molecule has 3 heterocycles. The number of ether oxygens (including phenoxy) is 9. The van der Waals surface area contributed by atoms with Crippen LogP contribution in [0.3, 0.4) is 0 Å². The van der Waals surface area contributed by atoms with Gasteiger partial charge in [0.05, 0.1) is 62.5 Å². The van der Waals surface area contributed by atoms with Crippen molar-refractivity contribution < 1.29 is 113 Å². The summed E-state index contributed by atoms with van der Waals surface area (Å²) in [7, 11) is 0. The second-order valence-electron chi connectivity index (χ2n) is 15.4. The van der Waals surface area contributed by atoms with Crippen LogP contribution in [0.4, 0.5) is 0 Å². The molecule has 3 aliphatic rings. The van der Waals surface area contributed by atoms with E-state index in [1.165, 1.54) is 4.91 Å². The molecule has 0 amide bonds. The van der Waals surface area contributed by atoms with Crippen LogP contribution in [0.2, 0.25) is 0 Å². The minimum atomic E-state index is -1.22. The van der Waals surface area contributed by atoms with Gasteiger partial charge in [-0.1, -0.05) is 5.11 Å². The number of nitrogens with zero attached hydrogens (tertiary/aromatic N) is 6. The smallest absolute Gasteiger partial charge is 0.394 e. The van der Waals surface area contributed by atoms with Gasteiger partial charge < -0.3 is 94.5 Å². The third-order valence-corrected chi connectivity index (χ3v) is 8.11. The van der Waals surface area contributed by atoms with E-state index in [1.807, 2.05) is 27.7 Å². The minimum Gasteiger partial charge on any atom is -0.394 e. The Labute approximate surface area is 374 Å². The van der Waals surface area contributed by atoms with E-state index in [-0.39, 0.29) is 85.9 Å². The first-order valence-corrected chi connectivity index (χ1v) is 19.7. The number of hydrogen-bond donors (Lipinski definition) is 8. The Kier molecular flexibility index (Phi) is 32.3. The van der Waals surface area contributed by atoms with Gasteiger partial charge in [-0.3, -0.25) is 4.91 Å². The number of rotatable bonds is 16. The van der Waals surface area contributed by atoms with Crippen LogP contribution in [0.15, 0.2) is 5.11 Å². The summed E-state index contributed by atoms with van der Waals surface area (Å²) in [4.78, 5) is 4.18. The van der Waals surface area contributed by atoms with Crippen molar-refractivity contribution in [3.05, 3.63) is 26.4 Å². The number of azide groups is 1. The summed E-state index contributed by atoms with van der Waals surface area (Å²) >= 11 is 0. The second-order valence-corrected chi connectivity index (χ2v) is 15.4. The standard InChI is InChI=1S/C12H23N3O5.2C12H24O6.N3.Na/c1-6(2)18-11-8(5-14-15-13)20-12(19-7(3)4)10(17)9(11)16;2*1-6(2)16-11-8(5-13)18-12(17-7(3)4)10(15)9(11)14;1-3-2;/h6-12,16-17H,5H2,1-4H3;2*6-15H,5H2,1-4H3;;/q;;;-1;+1. The van der Waals surface area contributed by atoms with E-state index in [1.54, 1.807) is 55.4 Å². The molecular weight excluding hydrogens is 811 g/mol. The van der Waals surface area contributed by atoms with Crippen LogP contribution in [0.5, 0.6) is 0 Å². The fraction of sp³-hybridized carbons (Fsp3) is 1.00. The van der Waals surface area contributed by atoms with Gasteiger partial charge in [0.1, 0.15) is 67.1 Å². The molecule has 0 aromatic rings. The van der Waals surface area contributed by atoms with Gasteiger partial charge in [-0.2, -0.15) is 0 Å². The molecule has 3 aliphatic heterocycles. The van der Waals surface area contributed by atoms with Gasteiger partial charge in [-0.05, 0) is 88.6 Å². The van der Waals surface area contributed by atoms with Crippen molar-refractivity contribution in [2.75, 3.05) is 19.8 Å². The van der Waals surface area contributed by atoms with E-state index in [2.05, 4.69) is 10.0 Å². The van der Waals surface area contributed by atoms with Crippen molar-refractivity contribution in [1.29, 1.82) is 0 Å². The molecule has 0 radical (unpaired) electrons. The number of aliphatic hydroxyl groups excluding tert-OH is 8. The fourth-order valence-corrected chi connectivity index (χ4v) is 5.86. The quantitative estimate of drug-likeness (QED) is 0.0364. The Morgan fingerprint density at radius 3 is 0.900 bits per heavy atom. The SMILES string of the molecule is CC(C)OC1OC(CN=[N+]=[N-])C(OC(C)C)C(O)C1O.CC(C)OC1OC(CO)C(OC(C)C)C(O)C1O.CC(C)OC1OC(CO)C(OC(C)C)C(O)C1O.[N-]=[N+]=[N-].[Na+]. The summed E-state index contributed by atoms with van der Waals surface area (Å²) in [6.07, 6.45) is -15.3. The largest absolute Gasteiger partial charge is 1.00 e. The molecule has 0 bridgehead atoms. The molecule has 0 aromatic heterocycles. The van der Waals surface area contributed by atoms with Gasteiger partial charge in [0.15, 0.2) is 18.9 Å². The average Bonchev–Trinajstić information content (AvgIpc) is 3.13. The first kappa shape index (κ1) is 61.0. The summed E-state index contributed by atoms with van der Waals surface area (Å²) in [5.41, 5.74) is 21.9. The Hall–Kier alpha value is -1.06. The van der Waals surface area contributed by atoms with Crippen molar-refractivity contribution in [1.82, 2.24) is 0 Å². The molecule has 60 heavy (non-hydrogen) atoms. The summed E-state index contributed by atoms with van der Waals surface area (Å²) in [6.45, 7) is 21.0. The molecule has 3 rings (SSSR count). The Bertz CT molecular complexity index is 1150. The zero-order valence-corrected chi connectivity index (χ0v) is 39.2. The molecule has 23 nitrogen and oxygen atoms in total. The minimum absolute atomic E-state index is 0. The van der Waals surface area contributed by atoms with Crippen LogP contribution in [0, 0.1) is 0 Å². The summed E-state index contributed by atoms with van der Waals surface area (Å²) in [5, 5.41) is 82.1. The molecular formula is C36H71N6NaO17. The van der Waals surface area contributed by atoms with Crippen molar-refractivity contribution in [2.45, 2.75) is 212 Å². The van der Waals surface area contributed by atoms with E-state index < -0.39 is 92.1 Å². The van der Waals surface area contributed by atoms with Gasteiger partial charge in [0.25, 0.3) is 0 Å². The zero-order valence-electron chi connectivity index (χ0n) is 37.2. The van der Waals surface area contributed by atoms with Crippen molar-refractivity contribution >= 4 is 0 Å². The molecule has 0 aliphatic carbocycles. The molecule has 0 spiro atoms. The molecule has 3 saturated heterocycles. The molecule has 24 heteroatoms. The second kappa shape index (κ2) is 31.7. The molecule has 0 aromatic carbocycles. The van der Waals surface area contributed by atoms with Gasteiger partial charge in [-0.25, -0.2) is 0 Å². The van der Waals surface area contributed by atoms with E-state index in [4.69, 9.17) is 59.2 Å². The monoisotopic (exact) mass is 882 g/mol. The first-order valence-electron chi connectivity index (χ1n) is 19.7. The van der Waals surface area contributed by atoms with E-state index in [9.17, 15) is 40.9 Å². The van der Waals surface area contributed by atoms with Gasteiger partial charge in [-0.15, -0.1) is 0 Å². The molecule has 8 N–H and O–H groups in total. The summed E-state index contributed by atoms with van der Waals surface area (Å²) in [5.74, 6) is 0. The van der Waals surface area contributed by atoms with Crippen LogP contribution < -0.4 is 29.6 Å². The van der Waals surface area contributed by atoms with E-state index in [0.717, 1.165) is 0 Å². The Morgan fingerprint density at radius 1 is 0.450 bits per heavy atom. The maximum atomic E-state index is 10.2. The molecule has 0 saturated carbocycles. The number of aliphatic hydroxyl groups is 8. The van der Waals surface area contributed by atoms with Gasteiger partial charge in [0.2, 0.25) is 0 Å². The third kappa shape index (κ3) is 21.5. The molecule has 15 unspecified atom stereocenters. The summed E-state index contributed by atoms with van der Waals surface area (Å²) < 4.78 is 49.1. The zero-order chi connectivity index (χ0) is 45.7. The van der Waals surface area contributed by atoms with Crippen LogP contribution in [0.1, 0.15) is 83.1 Å². The fourth-order valence-electron chi connectivity index (χ4n) is 5.86. The van der Waals surface area contributed by atoms with Gasteiger partial charge in [0, 0.05) is 4.91 Å². The maximum Gasteiger partial charge on any atom is 1.00 e. The van der Waals surface area contributed by atoms with Crippen LogP contribution in [0.25, 0.3) is 26.4 Å². The predicted octanol–water partition coefficient (Wildman–Crippen LogP) is -1.88. The third-order valence-electron chi connectivity index (χ3n) is 8.11. The Balaban J connectivity index is 0. The number of hydrogen-bond acceptors (Lipinski definition) is 18. The van der Waals surface area contributed by atoms with E-state index >= 15 is 0 Å². The van der Waals surface area contributed by atoms with Crippen LogP contribution >= 0.6 is 0 Å². The van der Waals surface area contributed by atoms with Crippen LogP contribution in [-0.4, -0.2) is 189 Å². The van der Waals surface area contributed by atoms with Crippen molar-refractivity contribution in [3.8, 4) is 0 Å². The molecule has 3 fully saturated rings. The average molecular weight is 883 g/mol. The predicted molar refractivity (Wildman–Crippen MR) is 209 cm³/mol. The topological polar surface area (TPSA) is 352 Å². The van der Waals surface area contributed by atoms with E-state index in [0.29, 0.717) is 0 Å². The van der Waals surface area contributed by atoms with Crippen molar-refractivity contribution in [2.24, 2.45) is 5.11 Å². The Morgan fingerprint density at radius 2 is 0.683 bits per heavy atom. The molecule has 348 valence electrons. The summed E-state index contributed by atoms with van der Waals surface area (Å²) in [6, 6.07) is 0. The first-order chi connectivity index (χ1) is 27.5.